The summed E-state index contributed by atoms with van der Waals surface area (Å²) < 4.78 is 1.32. The van der Waals surface area contributed by atoms with Gasteiger partial charge in [-0.15, -0.1) is 11.3 Å². The van der Waals surface area contributed by atoms with E-state index in [2.05, 4.69) is 61.6 Å². The Bertz CT molecular complexity index is 1060. The van der Waals surface area contributed by atoms with Crippen LogP contribution in [0.2, 0.25) is 0 Å². The van der Waals surface area contributed by atoms with Gasteiger partial charge in [0.05, 0.1) is 5.69 Å². The van der Waals surface area contributed by atoms with Gasteiger partial charge in [-0.1, -0.05) is 18.2 Å². The molecular formula is C22H20N4S. The van der Waals surface area contributed by atoms with Crippen LogP contribution in [0.25, 0.3) is 21.3 Å². The van der Waals surface area contributed by atoms with Gasteiger partial charge in [-0.25, -0.2) is 9.97 Å². The number of pyridine rings is 1. The van der Waals surface area contributed by atoms with E-state index in [1.54, 1.807) is 17.7 Å². The molecule has 1 saturated heterocycles. The van der Waals surface area contributed by atoms with Crippen molar-refractivity contribution in [3.63, 3.8) is 0 Å². The van der Waals surface area contributed by atoms with Crippen molar-refractivity contribution < 1.29 is 0 Å². The molecule has 0 aliphatic carbocycles. The summed E-state index contributed by atoms with van der Waals surface area (Å²) in [6.07, 6.45) is 8.55. The lowest BCUT2D eigenvalue weighted by Crippen LogP contribution is -2.20. The molecule has 0 saturated carbocycles. The second-order valence-electron chi connectivity index (χ2n) is 7.09. The Morgan fingerprint density at radius 2 is 2.00 bits per heavy atom. The van der Waals surface area contributed by atoms with E-state index in [0.717, 1.165) is 25.3 Å². The lowest BCUT2D eigenvalue weighted by molar-refractivity contribution is 0.326. The van der Waals surface area contributed by atoms with Crippen LogP contribution in [0.15, 0.2) is 66.7 Å². The van der Waals surface area contributed by atoms with Gasteiger partial charge in [-0.2, -0.15) is 0 Å². The number of thiophene rings is 1. The average Bonchev–Trinajstić information content (AvgIpc) is 3.36. The number of rotatable bonds is 4. The van der Waals surface area contributed by atoms with Gasteiger partial charge in [0.25, 0.3) is 0 Å². The number of aromatic nitrogens is 3. The molecule has 1 aromatic carbocycles. The largest absolute Gasteiger partial charge is 0.298 e. The Labute approximate surface area is 162 Å². The Hall–Kier alpha value is -2.63. The molecule has 1 aliphatic rings. The Balaban J connectivity index is 1.37. The minimum absolute atomic E-state index is 0.557. The van der Waals surface area contributed by atoms with Crippen molar-refractivity contribution in [2.75, 3.05) is 13.1 Å². The molecule has 5 rings (SSSR count). The highest BCUT2D eigenvalue weighted by molar-refractivity contribution is 7.17. The van der Waals surface area contributed by atoms with Crippen LogP contribution in [0.1, 0.15) is 23.5 Å². The number of hydrogen-bond acceptors (Lipinski definition) is 5. The van der Waals surface area contributed by atoms with E-state index in [9.17, 15) is 0 Å². The molecular weight excluding hydrogens is 352 g/mol. The Morgan fingerprint density at radius 1 is 1.11 bits per heavy atom. The zero-order valence-electron chi connectivity index (χ0n) is 15.0. The van der Waals surface area contributed by atoms with Crippen molar-refractivity contribution in [3.8, 4) is 11.3 Å². The highest BCUT2D eigenvalue weighted by Gasteiger charge is 2.24. The zero-order valence-corrected chi connectivity index (χ0v) is 15.8. The van der Waals surface area contributed by atoms with Gasteiger partial charge < -0.3 is 0 Å². The summed E-state index contributed by atoms with van der Waals surface area (Å²) in [5, 5.41) is 3.52. The molecule has 0 amide bonds. The molecule has 0 N–H and O–H groups in total. The van der Waals surface area contributed by atoms with Gasteiger partial charge >= 0.3 is 0 Å². The molecule has 4 aromatic rings. The first-order valence-electron chi connectivity index (χ1n) is 9.25. The third-order valence-electron chi connectivity index (χ3n) is 5.30. The highest BCUT2D eigenvalue weighted by atomic mass is 32.1. The maximum absolute atomic E-state index is 4.67. The lowest BCUT2D eigenvalue weighted by atomic mass is 9.97. The average molecular weight is 372 g/mol. The maximum Gasteiger partial charge on any atom is 0.115 e. The van der Waals surface area contributed by atoms with Crippen molar-refractivity contribution >= 4 is 21.4 Å². The molecule has 134 valence electrons. The fourth-order valence-corrected chi connectivity index (χ4v) is 4.90. The third-order valence-corrected chi connectivity index (χ3v) is 6.27. The molecule has 4 heterocycles. The SMILES string of the molecule is c1ccc2c(-c3cc([C@H]4CCN(Cc5cncnc5)C4)ccn3)csc2c1. The van der Waals surface area contributed by atoms with Crippen LogP contribution in [0.4, 0.5) is 0 Å². The lowest BCUT2D eigenvalue weighted by Gasteiger charge is -2.16. The standard InChI is InChI=1S/C22H20N4S/c1-2-4-22-19(3-1)20(14-27-22)21-9-17(5-7-25-21)18-6-8-26(13-18)12-16-10-23-15-24-11-16/h1-5,7,9-11,14-15,18H,6,8,12-13H2/t18-/m0/s1. The predicted octanol–water partition coefficient (Wildman–Crippen LogP) is 4.74. The van der Waals surface area contributed by atoms with E-state index in [1.165, 1.54) is 33.2 Å². The first-order valence-corrected chi connectivity index (χ1v) is 10.1. The molecule has 1 aliphatic heterocycles. The Kier molecular flexibility index (Phi) is 4.40. The van der Waals surface area contributed by atoms with Crippen LogP contribution in [-0.4, -0.2) is 32.9 Å². The normalized spacial score (nSPS) is 17.6. The van der Waals surface area contributed by atoms with Gasteiger partial charge in [0.2, 0.25) is 0 Å². The van der Waals surface area contributed by atoms with E-state index in [0.29, 0.717) is 5.92 Å². The van der Waals surface area contributed by atoms with Crippen LogP contribution >= 0.6 is 11.3 Å². The molecule has 3 aromatic heterocycles. The summed E-state index contributed by atoms with van der Waals surface area (Å²) in [6.45, 7) is 3.10. The van der Waals surface area contributed by atoms with Crippen molar-refractivity contribution in [2.24, 2.45) is 0 Å². The zero-order chi connectivity index (χ0) is 18.1. The molecule has 0 spiro atoms. The van der Waals surface area contributed by atoms with E-state index in [4.69, 9.17) is 0 Å². The molecule has 0 bridgehead atoms. The van der Waals surface area contributed by atoms with Gasteiger partial charge in [0.15, 0.2) is 0 Å². The smallest absolute Gasteiger partial charge is 0.115 e. The molecule has 0 unspecified atom stereocenters. The number of nitrogens with zero attached hydrogens (tertiary/aromatic N) is 4. The summed E-state index contributed by atoms with van der Waals surface area (Å²) >= 11 is 1.79. The van der Waals surface area contributed by atoms with E-state index in [-0.39, 0.29) is 0 Å². The highest BCUT2D eigenvalue weighted by Crippen LogP contribution is 2.35. The monoisotopic (exact) mass is 372 g/mol. The van der Waals surface area contributed by atoms with Crippen LogP contribution in [-0.2, 0) is 6.54 Å². The van der Waals surface area contributed by atoms with Crippen molar-refractivity contribution in [1.82, 2.24) is 19.9 Å². The van der Waals surface area contributed by atoms with Gasteiger partial charge in [0.1, 0.15) is 6.33 Å². The topological polar surface area (TPSA) is 41.9 Å². The maximum atomic E-state index is 4.67. The molecule has 27 heavy (non-hydrogen) atoms. The molecule has 5 heteroatoms. The third kappa shape index (κ3) is 3.36. The van der Waals surface area contributed by atoms with E-state index < -0.39 is 0 Å². The fraction of sp³-hybridized carbons (Fsp3) is 0.227. The number of fused-ring (bicyclic) bond motifs is 1. The van der Waals surface area contributed by atoms with Crippen LogP contribution in [0.3, 0.4) is 0 Å². The molecule has 4 nitrogen and oxygen atoms in total. The minimum atomic E-state index is 0.557. The van der Waals surface area contributed by atoms with E-state index in [1.807, 2.05) is 18.6 Å². The number of likely N-dealkylation sites (tertiary alicyclic amines) is 1. The van der Waals surface area contributed by atoms with E-state index >= 15 is 0 Å². The van der Waals surface area contributed by atoms with Crippen LogP contribution in [0.5, 0.6) is 0 Å². The quantitative estimate of drug-likeness (QED) is 0.519. The second kappa shape index (κ2) is 7.18. The fourth-order valence-electron chi connectivity index (χ4n) is 3.94. The number of benzene rings is 1. The first-order chi connectivity index (χ1) is 13.4. The molecule has 1 fully saturated rings. The van der Waals surface area contributed by atoms with Gasteiger partial charge in [-0.3, -0.25) is 9.88 Å². The van der Waals surface area contributed by atoms with Gasteiger partial charge in [0, 0.05) is 58.3 Å². The summed E-state index contributed by atoms with van der Waals surface area (Å²) in [7, 11) is 0. The van der Waals surface area contributed by atoms with Crippen molar-refractivity contribution in [2.45, 2.75) is 18.9 Å². The second-order valence-corrected chi connectivity index (χ2v) is 8.00. The van der Waals surface area contributed by atoms with Crippen molar-refractivity contribution in [3.05, 3.63) is 77.8 Å². The minimum Gasteiger partial charge on any atom is -0.298 e. The van der Waals surface area contributed by atoms with Gasteiger partial charge in [-0.05, 0) is 42.6 Å². The summed E-state index contributed by atoms with van der Waals surface area (Å²) in [5.41, 5.74) is 4.90. The summed E-state index contributed by atoms with van der Waals surface area (Å²) in [5.74, 6) is 0.557. The number of hydrogen-bond donors (Lipinski definition) is 0. The summed E-state index contributed by atoms with van der Waals surface area (Å²) in [4.78, 5) is 15.4. The Morgan fingerprint density at radius 3 is 2.93 bits per heavy atom. The van der Waals surface area contributed by atoms with Crippen LogP contribution < -0.4 is 0 Å². The summed E-state index contributed by atoms with van der Waals surface area (Å²) in [6, 6.07) is 13.0. The van der Waals surface area contributed by atoms with Crippen LogP contribution in [0, 0.1) is 0 Å². The first kappa shape index (κ1) is 16.5. The molecule has 1 atom stereocenters. The van der Waals surface area contributed by atoms with Crippen molar-refractivity contribution in [1.29, 1.82) is 0 Å². The molecule has 0 radical (unpaired) electrons. The predicted molar refractivity (Wildman–Crippen MR) is 110 cm³/mol.